The lowest BCUT2D eigenvalue weighted by molar-refractivity contribution is -0.149. The van der Waals surface area contributed by atoms with Crippen LogP contribution in [0.4, 0.5) is 5.69 Å². The van der Waals surface area contributed by atoms with Crippen molar-refractivity contribution in [2.24, 2.45) is 0 Å². The zero-order valence-corrected chi connectivity index (χ0v) is 19.0. The molecule has 0 saturated carbocycles. The largest absolute Gasteiger partial charge is 0.497 e. The molecule has 0 radical (unpaired) electrons. The smallest absolute Gasteiger partial charge is 0.370 e. The summed E-state index contributed by atoms with van der Waals surface area (Å²) in [6, 6.07) is 9.00. The van der Waals surface area contributed by atoms with Gasteiger partial charge < -0.3 is 24.6 Å². The maximum Gasteiger partial charge on any atom is 0.370 e. The van der Waals surface area contributed by atoms with Gasteiger partial charge in [0.2, 0.25) is 0 Å². The number of benzene rings is 2. The fourth-order valence-corrected chi connectivity index (χ4v) is 3.49. The molecule has 0 amide bonds. The zero-order chi connectivity index (χ0) is 22.5. The maximum absolute atomic E-state index is 12.9. The van der Waals surface area contributed by atoms with Gasteiger partial charge in [-0.05, 0) is 34.6 Å². The van der Waals surface area contributed by atoms with E-state index in [4.69, 9.17) is 14.2 Å². The number of anilines is 1. The molecule has 3 rings (SSSR count). The fourth-order valence-electron chi connectivity index (χ4n) is 3.49. The molecular weight excluding hydrogens is 382 g/mol. The van der Waals surface area contributed by atoms with Crippen molar-refractivity contribution < 1.29 is 24.1 Å². The van der Waals surface area contributed by atoms with Crippen LogP contribution in [-0.4, -0.2) is 25.3 Å². The van der Waals surface area contributed by atoms with Gasteiger partial charge in [0.1, 0.15) is 17.2 Å². The lowest BCUT2D eigenvalue weighted by Crippen LogP contribution is -2.41. The van der Waals surface area contributed by atoms with Crippen LogP contribution in [0, 0.1) is 0 Å². The molecule has 0 saturated heterocycles. The molecule has 0 bridgehead atoms. The van der Waals surface area contributed by atoms with Crippen molar-refractivity contribution in [2.75, 3.05) is 19.5 Å². The minimum atomic E-state index is -2.04. The number of ether oxygens (including phenoxy) is 3. The molecule has 1 unspecified atom stereocenters. The number of carbonyl (C=O) groups is 1. The number of nitrogens with one attached hydrogen (secondary N) is 1. The monoisotopic (exact) mass is 413 g/mol. The van der Waals surface area contributed by atoms with Crippen molar-refractivity contribution in [3.8, 4) is 17.2 Å². The van der Waals surface area contributed by atoms with Crippen molar-refractivity contribution in [1.29, 1.82) is 0 Å². The minimum Gasteiger partial charge on any atom is -0.497 e. The van der Waals surface area contributed by atoms with E-state index in [1.165, 1.54) is 7.11 Å². The van der Waals surface area contributed by atoms with Gasteiger partial charge in [-0.2, -0.15) is 0 Å². The number of carbonyl (C=O) groups excluding carboxylic acids is 1. The third-order valence-electron chi connectivity index (χ3n) is 5.37. The standard InChI is InChI=1S/C24H31NO5/c1-22(2,3)14-11-16(23(4,5)6)20-17(12-14)24(27,21(26)30-20)25-18-10-9-15(28-7)13-19(18)29-8/h9-13,25,27H,1-8H3. The number of fused-ring (bicyclic) bond motifs is 1. The molecule has 0 fully saturated rings. The highest BCUT2D eigenvalue weighted by Crippen LogP contribution is 2.47. The second-order valence-electron chi connectivity index (χ2n) is 9.69. The van der Waals surface area contributed by atoms with Gasteiger partial charge in [-0.25, -0.2) is 4.79 Å². The molecule has 162 valence electrons. The Morgan fingerprint density at radius 3 is 2.17 bits per heavy atom. The molecule has 6 heteroatoms. The average molecular weight is 414 g/mol. The normalized spacial score (nSPS) is 18.6. The lowest BCUT2D eigenvalue weighted by Gasteiger charge is -2.28. The Labute approximate surface area is 178 Å². The summed E-state index contributed by atoms with van der Waals surface area (Å²) in [7, 11) is 3.07. The first kappa shape index (κ1) is 22.0. The molecule has 0 spiro atoms. The van der Waals surface area contributed by atoms with Crippen LogP contribution in [0.25, 0.3) is 0 Å². The van der Waals surface area contributed by atoms with Crippen molar-refractivity contribution in [1.82, 2.24) is 0 Å². The molecule has 1 aliphatic heterocycles. The summed E-state index contributed by atoms with van der Waals surface area (Å²) in [6.45, 7) is 12.5. The highest BCUT2D eigenvalue weighted by Gasteiger charge is 2.51. The van der Waals surface area contributed by atoms with Crippen molar-refractivity contribution in [3.05, 3.63) is 47.0 Å². The molecule has 0 aliphatic carbocycles. The van der Waals surface area contributed by atoms with E-state index in [9.17, 15) is 9.90 Å². The molecule has 0 aromatic heterocycles. The summed E-state index contributed by atoms with van der Waals surface area (Å²) in [5.74, 6) is 0.672. The quantitative estimate of drug-likeness (QED) is 0.437. The number of hydrogen-bond donors (Lipinski definition) is 2. The summed E-state index contributed by atoms with van der Waals surface area (Å²) in [6.07, 6.45) is 0. The Balaban J connectivity index is 2.19. The van der Waals surface area contributed by atoms with Crippen LogP contribution in [0.2, 0.25) is 0 Å². The number of aliphatic hydroxyl groups is 1. The highest BCUT2D eigenvalue weighted by atomic mass is 16.6. The van der Waals surface area contributed by atoms with Crippen LogP contribution in [0.1, 0.15) is 58.2 Å². The van der Waals surface area contributed by atoms with Gasteiger partial charge in [-0.3, -0.25) is 0 Å². The van der Waals surface area contributed by atoms with Gasteiger partial charge in [-0.1, -0.05) is 47.6 Å². The molecule has 2 aromatic carbocycles. The van der Waals surface area contributed by atoms with Crippen LogP contribution >= 0.6 is 0 Å². The van der Waals surface area contributed by atoms with Crippen LogP contribution in [-0.2, 0) is 21.3 Å². The second-order valence-corrected chi connectivity index (χ2v) is 9.69. The first-order valence-corrected chi connectivity index (χ1v) is 9.95. The number of esters is 1. The molecule has 1 atom stereocenters. The molecule has 30 heavy (non-hydrogen) atoms. The van der Waals surface area contributed by atoms with Crippen LogP contribution < -0.4 is 19.5 Å². The molecule has 1 aliphatic rings. The SMILES string of the molecule is COc1ccc(NC2(O)C(=O)Oc3c(C(C)(C)C)cc(C(C)(C)C)cc32)c(OC)c1. The summed E-state index contributed by atoms with van der Waals surface area (Å²) in [4.78, 5) is 12.9. The van der Waals surface area contributed by atoms with E-state index < -0.39 is 11.7 Å². The molecular formula is C24H31NO5. The van der Waals surface area contributed by atoms with Crippen LogP contribution in [0.5, 0.6) is 17.2 Å². The number of methoxy groups -OCH3 is 2. The molecule has 6 nitrogen and oxygen atoms in total. The lowest BCUT2D eigenvalue weighted by atomic mass is 9.78. The van der Waals surface area contributed by atoms with Crippen LogP contribution in [0.15, 0.2) is 30.3 Å². The van der Waals surface area contributed by atoms with E-state index in [-0.39, 0.29) is 10.8 Å². The van der Waals surface area contributed by atoms with Crippen LogP contribution in [0.3, 0.4) is 0 Å². The van der Waals surface area contributed by atoms with Gasteiger partial charge in [0.25, 0.3) is 5.72 Å². The van der Waals surface area contributed by atoms with Crippen molar-refractivity contribution >= 4 is 11.7 Å². The highest BCUT2D eigenvalue weighted by molar-refractivity contribution is 5.92. The first-order valence-electron chi connectivity index (χ1n) is 9.95. The fraction of sp³-hybridized carbons (Fsp3) is 0.458. The van der Waals surface area contributed by atoms with E-state index in [1.54, 1.807) is 25.3 Å². The Hall–Kier alpha value is -2.73. The second kappa shape index (κ2) is 7.20. The summed E-state index contributed by atoms with van der Waals surface area (Å²) < 4.78 is 16.3. The zero-order valence-electron chi connectivity index (χ0n) is 19.0. The van der Waals surface area contributed by atoms with Gasteiger partial charge in [0.05, 0.1) is 25.5 Å². The van der Waals surface area contributed by atoms with Gasteiger partial charge in [0, 0.05) is 11.6 Å². The average Bonchev–Trinajstić information content (AvgIpc) is 2.90. The Morgan fingerprint density at radius 2 is 1.63 bits per heavy atom. The van der Waals surface area contributed by atoms with Crippen molar-refractivity contribution in [3.63, 3.8) is 0 Å². The van der Waals surface area contributed by atoms with Gasteiger partial charge >= 0.3 is 5.97 Å². The topological polar surface area (TPSA) is 77.0 Å². The predicted molar refractivity (Wildman–Crippen MR) is 117 cm³/mol. The third-order valence-corrected chi connectivity index (χ3v) is 5.37. The third kappa shape index (κ3) is 3.72. The van der Waals surface area contributed by atoms with E-state index >= 15 is 0 Å². The molecule has 2 N–H and O–H groups in total. The molecule has 1 heterocycles. The Bertz CT molecular complexity index is 984. The van der Waals surface area contributed by atoms with E-state index in [1.807, 2.05) is 6.07 Å². The Morgan fingerprint density at radius 1 is 0.967 bits per heavy atom. The van der Waals surface area contributed by atoms with Gasteiger partial charge in [0.15, 0.2) is 0 Å². The van der Waals surface area contributed by atoms with Gasteiger partial charge in [-0.15, -0.1) is 0 Å². The summed E-state index contributed by atoms with van der Waals surface area (Å²) in [5, 5.41) is 14.5. The first-order chi connectivity index (χ1) is 13.8. The summed E-state index contributed by atoms with van der Waals surface area (Å²) >= 11 is 0. The van der Waals surface area contributed by atoms with E-state index in [0.29, 0.717) is 28.5 Å². The summed E-state index contributed by atoms with van der Waals surface area (Å²) in [5.41, 5.74) is 0.225. The molecule has 2 aromatic rings. The predicted octanol–water partition coefficient (Wildman–Crippen LogP) is 4.48. The van der Waals surface area contributed by atoms with Crippen molar-refractivity contribution in [2.45, 2.75) is 58.1 Å². The Kier molecular flexibility index (Phi) is 5.27. The van der Waals surface area contributed by atoms with E-state index in [2.05, 4.69) is 52.9 Å². The number of rotatable bonds is 4. The number of hydrogen-bond acceptors (Lipinski definition) is 6. The minimum absolute atomic E-state index is 0.181. The van der Waals surface area contributed by atoms with E-state index in [0.717, 1.165) is 11.1 Å². The maximum atomic E-state index is 12.9.